The highest BCUT2D eigenvalue weighted by Crippen LogP contribution is 2.24. The maximum Gasteiger partial charge on any atom is 0.223 e. The number of carbonyl (C=O) groups is 3. The minimum atomic E-state index is -0.811. The van der Waals surface area contributed by atoms with E-state index in [-0.39, 0.29) is 24.0 Å². The molecule has 0 aromatic heterocycles. The van der Waals surface area contributed by atoms with E-state index in [2.05, 4.69) is 0 Å². The number of amides is 2. The van der Waals surface area contributed by atoms with E-state index < -0.39 is 11.3 Å². The number of nitrogens with two attached hydrogens (primary N) is 1. The van der Waals surface area contributed by atoms with Gasteiger partial charge < -0.3 is 10.6 Å². The number of hydrogen-bond donors (Lipinski definition) is 1. The smallest absolute Gasteiger partial charge is 0.223 e. The lowest BCUT2D eigenvalue weighted by Gasteiger charge is -2.32. The molecular weight excluding hydrogens is 232 g/mol. The lowest BCUT2D eigenvalue weighted by atomic mass is 9.87. The second kappa shape index (κ2) is 5.50. The number of likely N-dealkylation sites (tertiary alicyclic amines) is 1. The van der Waals surface area contributed by atoms with Crippen molar-refractivity contribution in [3.05, 3.63) is 0 Å². The number of rotatable bonds is 4. The molecule has 0 bridgehead atoms. The van der Waals surface area contributed by atoms with Crippen LogP contribution in [0.2, 0.25) is 0 Å². The first-order chi connectivity index (χ1) is 8.24. The zero-order chi connectivity index (χ0) is 13.9. The van der Waals surface area contributed by atoms with Crippen molar-refractivity contribution in [2.75, 3.05) is 13.1 Å². The number of nitrogens with zero attached hydrogens (tertiary/aromatic N) is 1. The molecule has 1 rings (SSSR count). The quantitative estimate of drug-likeness (QED) is 0.802. The molecule has 1 fully saturated rings. The first kappa shape index (κ1) is 14.7. The highest BCUT2D eigenvalue weighted by Gasteiger charge is 2.32. The normalized spacial score (nSPS) is 17.6. The highest BCUT2D eigenvalue weighted by molar-refractivity contribution is 5.87. The Morgan fingerprint density at radius 1 is 1.22 bits per heavy atom. The van der Waals surface area contributed by atoms with Gasteiger partial charge in [0.25, 0.3) is 0 Å². The van der Waals surface area contributed by atoms with Crippen molar-refractivity contribution in [3.63, 3.8) is 0 Å². The zero-order valence-corrected chi connectivity index (χ0v) is 11.4. The predicted octanol–water partition coefficient (Wildman–Crippen LogP) is 0.716. The topological polar surface area (TPSA) is 80.5 Å². The number of carbonyl (C=O) groups excluding carboxylic acids is 3. The van der Waals surface area contributed by atoms with E-state index in [1.54, 1.807) is 25.7 Å². The van der Waals surface area contributed by atoms with Crippen LogP contribution in [-0.2, 0) is 14.4 Å². The van der Waals surface area contributed by atoms with E-state index >= 15 is 0 Å². The molecule has 0 aromatic rings. The molecule has 1 saturated heterocycles. The zero-order valence-electron chi connectivity index (χ0n) is 11.4. The predicted molar refractivity (Wildman–Crippen MR) is 67.6 cm³/mol. The van der Waals surface area contributed by atoms with Crippen molar-refractivity contribution < 1.29 is 14.4 Å². The first-order valence-corrected chi connectivity index (χ1v) is 6.32. The summed E-state index contributed by atoms with van der Waals surface area (Å²) < 4.78 is 0. The van der Waals surface area contributed by atoms with E-state index in [1.807, 2.05) is 0 Å². The van der Waals surface area contributed by atoms with Crippen LogP contribution in [-0.4, -0.2) is 35.6 Å². The first-order valence-electron chi connectivity index (χ1n) is 6.32. The molecule has 0 spiro atoms. The number of primary amides is 1. The van der Waals surface area contributed by atoms with Crippen molar-refractivity contribution >= 4 is 17.6 Å². The molecule has 0 aromatic carbocycles. The minimum Gasteiger partial charge on any atom is -0.369 e. The SMILES string of the molecule is CC(=O)C1CCN(C(=O)CC(C)(C)C(N)=O)CC1. The Balaban J connectivity index is 2.51. The molecule has 0 radical (unpaired) electrons. The van der Waals surface area contributed by atoms with E-state index in [0.717, 1.165) is 12.8 Å². The van der Waals surface area contributed by atoms with Gasteiger partial charge in [-0.3, -0.25) is 14.4 Å². The van der Waals surface area contributed by atoms with Crippen LogP contribution >= 0.6 is 0 Å². The average Bonchev–Trinajstić information content (AvgIpc) is 2.28. The molecule has 18 heavy (non-hydrogen) atoms. The molecule has 2 N–H and O–H groups in total. The summed E-state index contributed by atoms with van der Waals surface area (Å²) in [6.45, 7) is 6.14. The molecule has 0 saturated carbocycles. The molecule has 0 atom stereocenters. The fourth-order valence-corrected chi connectivity index (χ4v) is 2.11. The van der Waals surface area contributed by atoms with Crippen LogP contribution in [0.15, 0.2) is 0 Å². The van der Waals surface area contributed by atoms with Crippen molar-refractivity contribution in [3.8, 4) is 0 Å². The van der Waals surface area contributed by atoms with Gasteiger partial charge in [-0.2, -0.15) is 0 Å². The number of piperidine rings is 1. The average molecular weight is 254 g/mol. The molecule has 0 aliphatic carbocycles. The third-order valence-electron chi connectivity index (χ3n) is 3.68. The summed E-state index contributed by atoms with van der Waals surface area (Å²) in [6, 6.07) is 0. The second-order valence-corrected chi connectivity index (χ2v) is 5.69. The minimum absolute atomic E-state index is 0.0548. The molecular formula is C13H22N2O3. The van der Waals surface area contributed by atoms with Gasteiger partial charge in [-0.15, -0.1) is 0 Å². The summed E-state index contributed by atoms with van der Waals surface area (Å²) in [5, 5.41) is 0. The Morgan fingerprint density at radius 2 is 1.72 bits per heavy atom. The highest BCUT2D eigenvalue weighted by atomic mass is 16.2. The summed E-state index contributed by atoms with van der Waals surface area (Å²) in [5.41, 5.74) is 4.44. The molecule has 2 amide bonds. The van der Waals surface area contributed by atoms with E-state index in [0.29, 0.717) is 13.1 Å². The standard InChI is InChI=1S/C13H22N2O3/c1-9(16)10-4-6-15(7-5-10)11(17)8-13(2,3)12(14)18/h10H,4-8H2,1-3H3,(H2,14,18). The van der Waals surface area contributed by atoms with Crippen molar-refractivity contribution in [1.82, 2.24) is 4.90 Å². The number of Topliss-reactive ketones (excluding diaryl/α,β-unsaturated/α-hetero) is 1. The number of hydrogen-bond acceptors (Lipinski definition) is 3. The lowest BCUT2D eigenvalue weighted by molar-refractivity contribution is -0.140. The molecule has 5 heteroatoms. The van der Waals surface area contributed by atoms with Gasteiger partial charge in [0, 0.05) is 25.4 Å². The van der Waals surface area contributed by atoms with Crippen LogP contribution in [0.1, 0.15) is 40.0 Å². The molecule has 5 nitrogen and oxygen atoms in total. The fraction of sp³-hybridized carbons (Fsp3) is 0.769. The van der Waals surface area contributed by atoms with E-state index in [1.165, 1.54) is 0 Å². The summed E-state index contributed by atoms with van der Waals surface area (Å²) >= 11 is 0. The summed E-state index contributed by atoms with van der Waals surface area (Å²) in [7, 11) is 0. The third-order valence-corrected chi connectivity index (χ3v) is 3.68. The molecule has 1 aliphatic rings. The molecule has 1 aliphatic heterocycles. The lowest BCUT2D eigenvalue weighted by Crippen LogP contribution is -2.43. The van der Waals surface area contributed by atoms with Crippen molar-refractivity contribution in [2.45, 2.75) is 40.0 Å². The Kier molecular flexibility index (Phi) is 4.48. The largest absolute Gasteiger partial charge is 0.369 e. The molecule has 0 unspecified atom stereocenters. The van der Waals surface area contributed by atoms with Crippen LogP contribution < -0.4 is 5.73 Å². The van der Waals surface area contributed by atoms with Crippen LogP contribution in [0, 0.1) is 11.3 Å². The van der Waals surface area contributed by atoms with Gasteiger partial charge in [-0.1, -0.05) is 13.8 Å². The second-order valence-electron chi connectivity index (χ2n) is 5.69. The monoisotopic (exact) mass is 254 g/mol. The summed E-state index contributed by atoms with van der Waals surface area (Å²) in [5.74, 6) is -0.243. The van der Waals surface area contributed by atoms with Gasteiger partial charge in [0.2, 0.25) is 11.8 Å². The van der Waals surface area contributed by atoms with E-state index in [4.69, 9.17) is 5.73 Å². The van der Waals surface area contributed by atoms with Crippen molar-refractivity contribution in [1.29, 1.82) is 0 Å². The van der Waals surface area contributed by atoms with Crippen LogP contribution in [0.4, 0.5) is 0 Å². The van der Waals surface area contributed by atoms with Gasteiger partial charge in [0.1, 0.15) is 5.78 Å². The Morgan fingerprint density at radius 3 is 2.11 bits per heavy atom. The summed E-state index contributed by atoms with van der Waals surface area (Å²) in [4.78, 5) is 36.2. The fourth-order valence-electron chi connectivity index (χ4n) is 2.11. The molecule has 1 heterocycles. The molecule has 102 valence electrons. The van der Waals surface area contributed by atoms with Crippen LogP contribution in [0.25, 0.3) is 0 Å². The van der Waals surface area contributed by atoms with Gasteiger partial charge >= 0.3 is 0 Å². The van der Waals surface area contributed by atoms with Crippen LogP contribution in [0.5, 0.6) is 0 Å². The van der Waals surface area contributed by atoms with E-state index in [9.17, 15) is 14.4 Å². The maximum atomic E-state index is 12.0. The van der Waals surface area contributed by atoms with Gasteiger partial charge in [-0.25, -0.2) is 0 Å². The Hall–Kier alpha value is -1.39. The Bertz CT molecular complexity index is 355. The maximum absolute atomic E-state index is 12.0. The van der Waals surface area contributed by atoms with Crippen molar-refractivity contribution in [2.24, 2.45) is 17.1 Å². The van der Waals surface area contributed by atoms with Gasteiger partial charge in [0.15, 0.2) is 0 Å². The van der Waals surface area contributed by atoms with Gasteiger partial charge in [-0.05, 0) is 19.8 Å². The number of ketones is 1. The van der Waals surface area contributed by atoms with Crippen LogP contribution in [0.3, 0.4) is 0 Å². The third kappa shape index (κ3) is 3.55. The summed E-state index contributed by atoms with van der Waals surface area (Å²) in [6.07, 6.45) is 1.57. The Labute approximate surface area is 108 Å². The van der Waals surface area contributed by atoms with Gasteiger partial charge in [0.05, 0.1) is 5.41 Å².